The van der Waals surface area contributed by atoms with E-state index in [0.717, 1.165) is 24.0 Å². The monoisotopic (exact) mass is 393 g/mol. The molecule has 1 aliphatic carbocycles. The van der Waals surface area contributed by atoms with Crippen LogP contribution in [0.1, 0.15) is 33.9 Å². The molecule has 9 heteroatoms. The van der Waals surface area contributed by atoms with E-state index in [1.165, 1.54) is 24.3 Å². The Morgan fingerprint density at radius 3 is 2.54 bits per heavy atom. The van der Waals surface area contributed by atoms with Crippen LogP contribution in [0.25, 0.3) is 0 Å². The number of nitrogens with two attached hydrogens (primary N) is 1. The first-order valence-electron chi connectivity index (χ1n) is 8.51. The quantitative estimate of drug-likeness (QED) is 0.689. The first-order valence-corrected chi connectivity index (χ1v) is 8.51. The number of anilines is 2. The lowest BCUT2D eigenvalue weighted by molar-refractivity contribution is -0.159. The zero-order chi connectivity index (χ0) is 20.3. The lowest BCUT2D eigenvalue weighted by atomic mass is 10.1. The van der Waals surface area contributed by atoms with Crippen molar-refractivity contribution in [3.05, 3.63) is 59.2 Å². The van der Waals surface area contributed by atoms with E-state index < -0.39 is 18.9 Å². The van der Waals surface area contributed by atoms with Crippen molar-refractivity contribution >= 4 is 23.4 Å². The number of carbonyl (C=O) groups excluding carboxylic acids is 2. The summed E-state index contributed by atoms with van der Waals surface area (Å²) in [5, 5.41) is 5.12. The van der Waals surface area contributed by atoms with Crippen molar-refractivity contribution in [3.8, 4) is 0 Å². The van der Waals surface area contributed by atoms with E-state index in [0.29, 0.717) is 11.3 Å². The van der Waals surface area contributed by atoms with Gasteiger partial charge < -0.3 is 15.8 Å². The zero-order valence-electron chi connectivity index (χ0n) is 14.7. The Balaban J connectivity index is 1.57. The number of hydrogen-bond acceptors (Lipinski definition) is 4. The second-order valence-corrected chi connectivity index (χ2v) is 6.42. The van der Waals surface area contributed by atoms with Crippen molar-refractivity contribution in [2.75, 3.05) is 17.7 Å². The highest BCUT2D eigenvalue weighted by molar-refractivity contribution is 5.95. The Hall–Kier alpha value is -3.23. The van der Waals surface area contributed by atoms with Crippen LogP contribution in [0.4, 0.5) is 29.3 Å². The van der Waals surface area contributed by atoms with Gasteiger partial charge in [0.2, 0.25) is 0 Å². The maximum absolute atomic E-state index is 12.5. The average Bonchev–Trinajstić information content (AvgIpc) is 3.02. The number of ether oxygens (including phenoxy) is 1. The standard InChI is InChI=1S/C19H18F3N3O3/c20-19(21,22)10-28-18(27)24-14-5-1-11(2-6-14)17(26)25-16-8-3-12-9-13(23)4-7-15(12)16/h1-2,4-7,9,16H,3,8,10,23H2,(H,24,27)(H,25,26). The van der Waals surface area contributed by atoms with Crippen LogP contribution in [0.3, 0.4) is 0 Å². The molecule has 0 spiro atoms. The van der Waals surface area contributed by atoms with Crippen LogP contribution in [-0.4, -0.2) is 24.8 Å². The van der Waals surface area contributed by atoms with Gasteiger partial charge in [-0.05, 0) is 60.4 Å². The first-order chi connectivity index (χ1) is 13.2. The summed E-state index contributed by atoms with van der Waals surface area (Å²) in [5.74, 6) is -0.291. The van der Waals surface area contributed by atoms with Crippen LogP contribution >= 0.6 is 0 Å². The van der Waals surface area contributed by atoms with Gasteiger partial charge in [0.1, 0.15) is 0 Å². The zero-order valence-corrected chi connectivity index (χ0v) is 14.7. The predicted octanol–water partition coefficient (Wildman–Crippen LogP) is 3.80. The molecule has 0 radical (unpaired) electrons. The van der Waals surface area contributed by atoms with Gasteiger partial charge in [-0.15, -0.1) is 0 Å². The van der Waals surface area contributed by atoms with Crippen LogP contribution in [0.15, 0.2) is 42.5 Å². The van der Waals surface area contributed by atoms with Crippen molar-refractivity contribution in [2.24, 2.45) is 0 Å². The van der Waals surface area contributed by atoms with Crippen molar-refractivity contribution in [1.29, 1.82) is 0 Å². The smallest absolute Gasteiger partial charge is 0.422 e. The third kappa shape index (κ3) is 4.93. The Morgan fingerprint density at radius 1 is 1.14 bits per heavy atom. The molecule has 2 amide bonds. The molecule has 0 heterocycles. The minimum absolute atomic E-state index is 0.113. The van der Waals surface area contributed by atoms with Gasteiger partial charge in [0.05, 0.1) is 6.04 Å². The summed E-state index contributed by atoms with van der Waals surface area (Å²) in [6, 6.07) is 11.2. The topological polar surface area (TPSA) is 93.5 Å². The first kappa shape index (κ1) is 19.5. The van der Waals surface area contributed by atoms with E-state index in [9.17, 15) is 22.8 Å². The minimum Gasteiger partial charge on any atom is -0.440 e. The molecule has 2 aromatic rings. The predicted molar refractivity (Wildman–Crippen MR) is 96.9 cm³/mol. The number of amides is 2. The number of halogens is 3. The number of nitrogens with one attached hydrogen (secondary N) is 2. The molecule has 1 aliphatic rings. The number of aryl methyl sites for hydroxylation is 1. The van der Waals surface area contributed by atoms with E-state index in [-0.39, 0.29) is 17.6 Å². The number of alkyl halides is 3. The third-order valence-corrected chi connectivity index (χ3v) is 4.31. The van der Waals surface area contributed by atoms with Crippen molar-refractivity contribution in [2.45, 2.75) is 25.1 Å². The molecule has 0 bridgehead atoms. The normalized spacial score (nSPS) is 15.6. The van der Waals surface area contributed by atoms with Crippen molar-refractivity contribution in [3.63, 3.8) is 0 Å². The minimum atomic E-state index is -4.59. The highest BCUT2D eigenvalue weighted by atomic mass is 19.4. The molecule has 0 saturated carbocycles. The maximum atomic E-state index is 12.5. The highest BCUT2D eigenvalue weighted by Crippen LogP contribution is 2.32. The van der Waals surface area contributed by atoms with Crippen LogP contribution < -0.4 is 16.4 Å². The number of fused-ring (bicyclic) bond motifs is 1. The van der Waals surface area contributed by atoms with Gasteiger partial charge in [0, 0.05) is 16.9 Å². The van der Waals surface area contributed by atoms with Gasteiger partial charge in [-0.2, -0.15) is 13.2 Å². The third-order valence-electron chi connectivity index (χ3n) is 4.31. The molecule has 28 heavy (non-hydrogen) atoms. The molecule has 0 fully saturated rings. The second kappa shape index (κ2) is 7.79. The van der Waals surface area contributed by atoms with Gasteiger partial charge in [0.15, 0.2) is 6.61 Å². The van der Waals surface area contributed by atoms with E-state index in [2.05, 4.69) is 15.4 Å². The highest BCUT2D eigenvalue weighted by Gasteiger charge is 2.29. The molecule has 1 unspecified atom stereocenters. The fourth-order valence-electron chi connectivity index (χ4n) is 3.04. The molecule has 0 saturated heterocycles. The van der Waals surface area contributed by atoms with Gasteiger partial charge in [-0.3, -0.25) is 10.1 Å². The fraction of sp³-hybridized carbons (Fsp3) is 0.263. The Labute approximate surface area is 158 Å². The molecule has 148 valence electrons. The van der Waals surface area contributed by atoms with Crippen molar-refractivity contribution < 1.29 is 27.5 Å². The molecule has 4 N–H and O–H groups in total. The Bertz CT molecular complexity index is 882. The molecule has 1 atom stereocenters. The molecule has 6 nitrogen and oxygen atoms in total. The molecule has 2 aromatic carbocycles. The van der Waals surface area contributed by atoms with Crippen LogP contribution in [0.5, 0.6) is 0 Å². The Morgan fingerprint density at radius 2 is 1.86 bits per heavy atom. The SMILES string of the molecule is Nc1ccc2c(c1)CCC2NC(=O)c1ccc(NC(=O)OCC(F)(F)F)cc1. The maximum Gasteiger partial charge on any atom is 0.422 e. The van der Waals surface area contributed by atoms with Crippen LogP contribution in [0.2, 0.25) is 0 Å². The van der Waals surface area contributed by atoms with Gasteiger partial charge in [0.25, 0.3) is 5.91 Å². The van der Waals surface area contributed by atoms with Crippen LogP contribution in [0, 0.1) is 0 Å². The fourth-order valence-corrected chi connectivity index (χ4v) is 3.04. The van der Waals surface area contributed by atoms with E-state index in [1.807, 2.05) is 12.1 Å². The average molecular weight is 393 g/mol. The number of benzene rings is 2. The number of carbonyl (C=O) groups is 2. The summed E-state index contributed by atoms with van der Waals surface area (Å²) in [4.78, 5) is 23.8. The number of hydrogen-bond donors (Lipinski definition) is 3. The van der Waals surface area contributed by atoms with Crippen molar-refractivity contribution in [1.82, 2.24) is 5.32 Å². The summed E-state index contributed by atoms with van der Waals surface area (Å²) in [6.45, 7) is -1.67. The van der Waals surface area contributed by atoms with Gasteiger partial charge in [-0.25, -0.2) is 4.79 Å². The molecule has 0 aromatic heterocycles. The molecule has 0 aliphatic heterocycles. The summed E-state index contributed by atoms with van der Waals surface area (Å²) in [5.41, 5.74) is 9.18. The summed E-state index contributed by atoms with van der Waals surface area (Å²) < 4.78 is 40.1. The molecule has 3 rings (SSSR count). The molecular formula is C19H18F3N3O3. The van der Waals surface area contributed by atoms with Crippen LogP contribution in [-0.2, 0) is 11.2 Å². The Kier molecular flexibility index (Phi) is 5.43. The van der Waals surface area contributed by atoms with E-state index in [1.54, 1.807) is 6.07 Å². The summed E-state index contributed by atoms with van der Waals surface area (Å²) >= 11 is 0. The van der Waals surface area contributed by atoms with E-state index >= 15 is 0 Å². The lowest BCUT2D eigenvalue weighted by Gasteiger charge is -2.15. The number of rotatable bonds is 4. The van der Waals surface area contributed by atoms with Gasteiger partial charge in [-0.1, -0.05) is 6.07 Å². The summed E-state index contributed by atoms with van der Waals surface area (Å²) in [6.07, 6.45) is -4.22. The van der Waals surface area contributed by atoms with Gasteiger partial charge >= 0.3 is 12.3 Å². The summed E-state index contributed by atoms with van der Waals surface area (Å²) in [7, 11) is 0. The molecular weight excluding hydrogens is 375 g/mol. The lowest BCUT2D eigenvalue weighted by Crippen LogP contribution is -2.27. The number of nitrogen functional groups attached to an aromatic ring is 1. The second-order valence-electron chi connectivity index (χ2n) is 6.42. The van der Waals surface area contributed by atoms with E-state index in [4.69, 9.17) is 5.73 Å². The largest absolute Gasteiger partial charge is 0.440 e.